The SMILES string of the molecule is CN(C)Cc1ccccc1PC(C)(C)c1cccc(Cc2ccccc2)c1OCc1ccccc1. The Morgan fingerprint density at radius 1 is 0.686 bits per heavy atom. The number of hydrogen-bond acceptors (Lipinski definition) is 2. The largest absolute Gasteiger partial charge is 0.488 e. The second-order valence-corrected chi connectivity index (χ2v) is 11.9. The minimum Gasteiger partial charge on any atom is -0.488 e. The van der Waals surface area contributed by atoms with Gasteiger partial charge in [-0.25, -0.2) is 0 Å². The fourth-order valence-corrected chi connectivity index (χ4v) is 5.96. The van der Waals surface area contributed by atoms with E-state index in [1.54, 1.807) is 0 Å². The summed E-state index contributed by atoms with van der Waals surface area (Å²) in [6.07, 6.45) is 0.856. The Morgan fingerprint density at radius 2 is 1.29 bits per heavy atom. The predicted molar refractivity (Wildman–Crippen MR) is 151 cm³/mol. The lowest BCUT2D eigenvalue weighted by molar-refractivity contribution is 0.298. The first-order chi connectivity index (χ1) is 16.9. The molecule has 0 saturated heterocycles. The zero-order valence-electron chi connectivity index (χ0n) is 21.3. The Labute approximate surface area is 212 Å². The Hall–Kier alpha value is -2.93. The van der Waals surface area contributed by atoms with Crippen molar-refractivity contribution in [2.75, 3.05) is 14.1 Å². The fourth-order valence-electron chi connectivity index (χ4n) is 4.46. The number of rotatable bonds is 10. The molecule has 1 unspecified atom stereocenters. The molecule has 4 aromatic rings. The smallest absolute Gasteiger partial charge is 0.127 e. The lowest BCUT2D eigenvalue weighted by Crippen LogP contribution is -2.21. The maximum atomic E-state index is 6.64. The van der Waals surface area contributed by atoms with Gasteiger partial charge < -0.3 is 9.64 Å². The zero-order valence-corrected chi connectivity index (χ0v) is 22.3. The second kappa shape index (κ2) is 11.7. The summed E-state index contributed by atoms with van der Waals surface area (Å²) in [5, 5.41) is 1.36. The molecule has 0 aliphatic rings. The highest BCUT2D eigenvalue weighted by Crippen LogP contribution is 2.46. The summed E-state index contributed by atoms with van der Waals surface area (Å²) >= 11 is 0. The Balaban J connectivity index is 1.70. The molecule has 35 heavy (non-hydrogen) atoms. The van der Waals surface area contributed by atoms with E-state index in [0.717, 1.165) is 18.7 Å². The molecular weight excluding hydrogens is 445 g/mol. The van der Waals surface area contributed by atoms with Gasteiger partial charge in [0.1, 0.15) is 12.4 Å². The van der Waals surface area contributed by atoms with Crippen molar-refractivity contribution in [2.24, 2.45) is 0 Å². The van der Waals surface area contributed by atoms with E-state index < -0.39 is 0 Å². The molecule has 4 aromatic carbocycles. The summed E-state index contributed by atoms with van der Waals surface area (Å²) in [7, 11) is 4.90. The lowest BCUT2D eigenvalue weighted by Gasteiger charge is -2.30. The molecule has 0 heterocycles. The van der Waals surface area contributed by atoms with Gasteiger partial charge in [0.15, 0.2) is 0 Å². The van der Waals surface area contributed by atoms with E-state index in [-0.39, 0.29) is 5.16 Å². The van der Waals surface area contributed by atoms with Gasteiger partial charge in [0, 0.05) is 23.7 Å². The van der Waals surface area contributed by atoms with Crippen molar-refractivity contribution in [1.82, 2.24) is 4.90 Å². The van der Waals surface area contributed by atoms with E-state index in [1.807, 2.05) is 6.07 Å². The van der Waals surface area contributed by atoms with Crippen molar-refractivity contribution in [3.8, 4) is 5.75 Å². The van der Waals surface area contributed by atoms with Crippen LogP contribution in [0.4, 0.5) is 0 Å². The minimum atomic E-state index is -0.0683. The quantitative estimate of drug-likeness (QED) is 0.223. The van der Waals surface area contributed by atoms with Crippen molar-refractivity contribution in [3.63, 3.8) is 0 Å². The molecule has 1 atom stereocenters. The highest BCUT2D eigenvalue weighted by atomic mass is 31.1. The molecular formula is C32H36NOP. The Kier molecular flexibility index (Phi) is 8.39. The van der Waals surface area contributed by atoms with Crippen LogP contribution in [0, 0.1) is 0 Å². The first kappa shape index (κ1) is 25.2. The van der Waals surface area contributed by atoms with Gasteiger partial charge in [-0.15, -0.1) is 0 Å². The van der Waals surface area contributed by atoms with Crippen molar-refractivity contribution in [1.29, 1.82) is 0 Å². The highest BCUT2D eigenvalue weighted by Gasteiger charge is 2.27. The molecule has 0 fully saturated rings. The van der Waals surface area contributed by atoms with Gasteiger partial charge in [0.25, 0.3) is 0 Å². The summed E-state index contributed by atoms with van der Waals surface area (Å²) < 4.78 is 6.64. The number of benzene rings is 4. The molecule has 0 spiro atoms. The van der Waals surface area contributed by atoms with Crippen LogP contribution in [0.1, 0.15) is 41.7 Å². The summed E-state index contributed by atoms with van der Waals surface area (Å²) in [5.41, 5.74) is 6.40. The second-order valence-electron chi connectivity index (χ2n) is 9.88. The third-order valence-corrected chi connectivity index (χ3v) is 7.84. The number of ether oxygens (including phenoxy) is 1. The number of para-hydroxylation sites is 1. The van der Waals surface area contributed by atoms with Gasteiger partial charge in [-0.3, -0.25) is 0 Å². The first-order valence-electron chi connectivity index (χ1n) is 12.3. The zero-order chi connectivity index (χ0) is 24.7. The van der Waals surface area contributed by atoms with E-state index >= 15 is 0 Å². The molecule has 2 nitrogen and oxygen atoms in total. The van der Waals surface area contributed by atoms with E-state index in [4.69, 9.17) is 4.74 Å². The molecule has 0 aliphatic carbocycles. The van der Waals surface area contributed by atoms with Crippen molar-refractivity contribution in [3.05, 3.63) is 131 Å². The Morgan fingerprint density at radius 3 is 1.97 bits per heavy atom. The van der Waals surface area contributed by atoms with Crippen molar-refractivity contribution >= 4 is 13.9 Å². The summed E-state index contributed by atoms with van der Waals surface area (Å²) in [4.78, 5) is 2.24. The Bertz CT molecular complexity index is 1220. The minimum absolute atomic E-state index is 0.0683. The maximum Gasteiger partial charge on any atom is 0.127 e. The average Bonchev–Trinajstić information content (AvgIpc) is 2.85. The van der Waals surface area contributed by atoms with Crippen LogP contribution in [-0.4, -0.2) is 19.0 Å². The third-order valence-electron chi connectivity index (χ3n) is 6.18. The molecule has 0 N–H and O–H groups in total. The maximum absolute atomic E-state index is 6.64. The molecule has 0 radical (unpaired) electrons. The van der Waals surface area contributed by atoms with Gasteiger partial charge in [-0.05, 0) is 41.7 Å². The van der Waals surface area contributed by atoms with Crippen LogP contribution in [0.25, 0.3) is 0 Å². The van der Waals surface area contributed by atoms with E-state index in [2.05, 4.69) is 130 Å². The normalized spacial score (nSPS) is 11.9. The van der Waals surface area contributed by atoms with Gasteiger partial charge in [0.05, 0.1) is 0 Å². The van der Waals surface area contributed by atoms with Gasteiger partial charge in [-0.1, -0.05) is 126 Å². The average molecular weight is 482 g/mol. The van der Waals surface area contributed by atoms with Crippen LogP contribution in [0.2, 0.25) is 0 Å². The molecule has 180 valence electrons. The molecule has 4 rings (SSSR count). The predicted octanol–water partition coefficient (Wildman–Crippen LogP) is 7.16. The van der Waals surface area contributed by atoms with Gasteiger partial charge >= 0.3 is 0 Å². The molecule has 0 aromatic heterocycles. The third kappa shape index (κ3) is 6.82. The standard InChI is InChI=1S/C32H36NOP/c1-32(2,35-30-21-12-11-18-28(30)23-33(3)4)29-20-13-19-27(22-25-14-7-5-8-15-25)31(29)34-24-26-16-9-6-10-17-26/h5-21,35H,22-24H2,1-4H3. The fraction of sp³-hybridized carbons (Fsp3) is 0.250. The number of hydrogen-bond donors (Lipinski definition) is 0. The lowest BCUT2D eigenvalue weighted by atomic mass is 9.95. The van der Waals surface area contributed by atoms with Crippen LogP contribution in [-0.2, 0) is 24.7 Å². The summed E-state index contributed by atoms with van der Waals surface area (Å²) in [6.45, 7) is 6.23. The van der Waals surface area contributed by atoms with Gasteiger partial charge in [-0.2, -0.15) is 0 Å². The summed E-state index contributed by atoms with van der Waals surface area (Å²) in [5.74, 6) is 1.03. The van der Waals surface area contributed by atoms with Crippen LogP contribution >= 0.6 is 8.58 Å². The topological polar surface area (TPSA) is 12.5 Å². The highest BCUT2D eigenvalue weighted by molar-refractivity contribution is 7.48. The molecule has 0 amide bonds. The summed E-state index contributed by atoms with van der Waals surface area (Å²) in [6, 6.07) is 36.7. The van der Waals surface area contributed by atoms with Crippen molar-refractivity contribution < 1.29 is 4.74 Å². The van der Waals surface area contributed by atoms with Crippen LogP contribution in [0.15, 0.2) is 103 Å². The molecule has 3 heteroatoms. The van der Waals surface area contributed by atoms with E-state index in [1.165, 1.54) is 33.1 Å². The first-order valence-corrected chi connectivity index (χ1v) is 13.3. The number of nitrogens with zero attached hydrogens (tertiary/aromatic N) is 1. The van der Waals surface area contributed by atoms with Crippen LogP contribution < -0.4 is 10.0 Å². The van der Waals surface area contributed by atoms with Gasteiger partial charge in [0.2, 0.25) is 0 Å². The van der Waals surface area contributed by atoms with Crippen LogP contribution in [0.3, 0.4) is 0 Å². The van der Waals surface area contributed by atoms with E-state index in [0.29, 0.717) is 15.2 Å². The molecule has 0 saturated carbocycles. The van der Waals surface area contributed by atoms with Crippen LogP contribution in [0.5, 0.6) is 5.75 Å². The van der Waals surface area contributed by atoms with Crippen molar-refractivity contribution in [2.45, 2.75) is 38.6 Å². The van der Waals surface area contributed by atoms with E-state index in [9.17, 15) is 0 Å². The monoisotopic (exact) mass is 481 g/mol. The molecule has 0 aliphatic heterocycles. The molecule has 0 bridgehead atoms.